The van der Waals surface area contributed by atoms with Crippen LogP contribution in [0.25, 0.3) is 11.1 Å². The minimum absolute atomic E-state index is 0.0103. The zero-order chi connectivity index (χ0) is 23.6. The number of carbonyl (C=O) groups excluding carboxylic acids is 2. The predicted molar refractivity (Wildman–Crippen MR) is 129 cm³/mol. The van der Waals surface area contributed by atoms with E-state index in [0.29, 0.717) is 18.7 Å². The number of aliphatic carboxylic acids is 1. The lowest BCUT2D eigenvalue weighted by atomic mass is 9.98. The minimum Gasteiger partial charge on any atom is -0.480 e. The van der Waals surface area contributed by atoms with Gasteiger partial charge in [0.15, 0.2) is 0 Å². The van der Waals surface area contributed by atoms with E-state index in [2.05, 4.69) is 34.9 Å². The Labute approximate surface area is 198 Å². The lowest BCUT2D eigenvalue weighted by Gasteiger charge is -2.15. The highest BCUT2D eigenvalue weighted by Crippen LogP contribution is 2.44. The first-order chi connectivity index (χ1) is 16.0. The Morgan fingerprint density at radius 1 is 1.06 bits per heavy atom. The van der Waals surface area contributed by atoms with Crippen LogP contribution >= 0.6 is 11.8 Å². The molecule has 0 heterocycles. The Bertz CT molecular complexity index is 935. The van der Waals surface area contributed by atoms with Crippen LogP contribution in [0.4, 0.5) is 4.79 Å². The number of carboxylic acid groups (broad SMARTS) is 1. The molecule has 2 aromatic rings. The molecule has 3 rings (SSSR count). The number of thioether (sulfide) groups is 1. The van der Waals surface area contributed by atoms with Crippen molar-refractivity contribution in [1.82, 2.24) is 10.6 Å². The zero-order valence-corrected chi connectivity index (χ0v) is 19.5. The van der Waals surface area contributed by atoms with Crippen LogP contribution in [0.2, 0.25) is 0 Å². The van der Waals surface area contributed by atoms with Crippen molar-refractivity contribution in [2.24, 2.45) is 0 Å². The van der Waals surface area contributed by atoms with E-state index in [4.69, 9.17) is 4.74 Å². The second-order valence-corrected chi connectivity index (χ2v) is 9.01. The molecule has 0 radical (unpaired) electrons. The molecule has 0 spiro atoms. The van der Waals surface area contributed by atoms with E-state index in [1.807, 2.05) is 31.2 Å². The topological polar surface area (TPSA) is 105 Å². The summed E-state index contributed by atoms with van der Waals surface area (Å²) >= 11 is 1.33. The van der Waals surface area contributed by atoms with Gasteiger partial charge in [0.1, 0.15) is 12.6 Å². The molecule has 0 aliphatic heterocycles. The fourth-order valence-corrected chi connectivity index (χ4v) is 4.60. The van der Waals surface area contributed by atoms with Crippen LogP contribution in [0.1, 0.15) is 43.2 Å². The monoisotopic (exact) mass is 470 g/mol. The van der Waals surface area contributed by atoms with Crippen LogP contribution in [-0.4, -0.2) is 53.8 Å². The van der Waals surface area contributed by atoms with Crippen molar-refractivity contribution < 1.29 is 24.2 Å². The fourth-order valence-electron chi connectivity index (χ4n) is 3.94. The standard InChI is InChI=1S/C25H30N2O5S/c1-2-3-12-22(24(29)30)27-23(28)16-33-14-13-26-25(31)32-15-21-19-10-6-4-8-17(19)18-9-5-7-11-20(18)21/h4-11,21-22H,2-3,12-16H2,1H3,(H,26,31)(H,27,28)(H,29,30)/t22-/m0/s1. The Balaban J connectivity index is 1.36. The number of hydrogen-bond acceptors (Lipinski definition) is 5. The fraction of sp³-hybridized carbons (Fsp3) is 0.400. The van der Waals surface area contributed by atoms with Gasteiger partial charge in [0.05, 0.1) is 5.75 Å². The highest BCUT2D eigenvalue weighted by molar-refractivity contribution is 7.99. The van der Waals surface area contributed by atoms with Crippen LogP contribution in [0.3, 0.4) is 0 Å². The van der Waals surface area contributed by atoms with Gasteiger partial charge in [-0.05, 0) is 28.7 Å². The summed E-state index contributed by atoms with van der Waals surface area (Å²) in [4.78, 5) is 35.3. The van der Waals surface area contributed by atoms with Crippen LogP contribution < -0.4 is 10.6 Å². The van der Waals surface area contributed by atoms with Gasteiger partial charge < -0.3 is 20.5 Å². The number of nitrogens with one attached hydrogen (secondary N) is 2. The van der Waals surface area contributed by atoms with Crippen LogP contribution in [0, 0.1) is 0 Å². The molecule has 0 aromatic heterocycles. The van der Waals surface area contributed by atoms with E-state index < -0.39 is 18.1 Å². The molecule has 2 aromatic carbocycles. The average molecular weight is 471 g/mol. The maximum Gasteiger partial charge on any atom is 0.407 e. The summed E-state index contributed by atoms with van der Waals surface area (Å²) in [5, 5.41) is 14.4. The van der Waals surface area contributed by atoms with Gasteiger partial charge in [-0.2, -0.15) is 11.8 Å². The van der Waals surface area contributed by atoms with E-state index in [-0.39, 0.29) is 24.2 Å². The molecule has 0 unspecified atom stereocenters. The maximum absolute atomic E-state index is 12.2. The molecule has 1 atom stereocenters. The molecule has 1 aliphatic rings. The molecule has 33 heavy (non-hydrogen) atoms. The molecule has 0 saturated carbocycles. The smallest absolute Gasteiger partial charge is 0.407 e. The highest BCUT2D eigenvalue weighted by atomic mass is 32.2. The third kappa shape index (κ3) is 6.74. The summed E-state index contributed by atoms with van der Waals surface area (Å²) in [6, 6.07) is 15.5. The molecule has 2 amide bonds. The van der Waals surface area contributed by atoms with Crippen molar-refractivity contribution in [2.75, 3.05) is 24.7 Å². The number of rotatable bonds is 12. The summed E-state index contributed by atoms with van der Waals surface area (Å²) in [5.74, 6) is -0.661. The Morgan fingerprint density at radius 3 is 2.30 bits per heavy atom. The quantitative estimate of drug-likeness (QED) is 0.405. The van der Waals surface area contributed by atoms with Crippen LogP contribution in [-0.2, 0) is 14.3 Å². The number of carbonyl (C=O) groups is 3. The van der Waals surface area contributed by atoms with E-state index in [0.717, 1.165) is 24.0 Å². The molecule has 0 saturated heterocycles. The summed E-state index contributed by atoms with van der Waals surface area (Å²) in [6.07, 6.45) is 1.54. The van der Waals surface area contributed by atoms with Crippen molar-refractivity contribution in [3.63, 3.8) is 0 Å². The molecule has 176 valence electrons. The van der Waals surface area contributed by atoms with Gasteiger partial charge in [-0.15, -0.1) is 0 Å². The van der Waals surface area contributed by atoms with Gasteiger partial charge >= 0.3 is 12.1 Å². The Kier molecular flexibility index (Phi) is 9.18. The number of alkyl carbamates (subject to hydrolysis) is 1. The lowest BCUT2D eigenvalue weighted by molar-refractivity contribution is -0.141. The first-order valence-corrected chi connectivity index (χ1v) is 12.4. The van der Waals surface area contributed by atoms with Gasteiger partial charge in [0, 0.05) is 18.2 Å². The largest absolute Gasteiger partial charge is 0.480 e. The van der Waals surface area contributed by atoms with Crippen LogP contribution in [0.5, 0.6) is 0 Å². The number of benzene rings is 2. The number of unbranched alkanes of at least 4 members (excludes halogenated alkanes) is 1. The highest BCUT2D eigenvalue weighted by Gasteiger charge is 2.29. The number of ether oxygens (including phenoxy) is 1. The number of fused-ring (bicyclic) bond motifs is 3. The number of hydrogen-bond donors (Lipinski definition) is 3. The molecular formula is C25H30N2O5S. The summed E-state index contributed by atoms with van der Waals surface area (Å²) in [5.41, 5.74) is 4.67. The van der Waals surface area contributed by atoms with E-state index >= 15 is 0 Å². The normalized spacial score (nSPS) is 13.0. The molecule has 7 nitrogen and oxygen atoms in total. The first-order valence-electron chi connectivity index (χ1n) is 11.2. The second-order valence-electron chi connectivity index (χ2n) is 7.91. The number of carboxylic acids is 1. The predicted octanol–water partition coefficient (Wildman–Crippen LogP) is 4.02. The molecule has 3 N–H and O–H groups in total. The summed E-state index contributed by atoms with van der Waals surface area (Å²) in [6.45, 7) is 2.58. The molecule has 1 aliphatic carbocycles. The molecule has 8 heteroatoms. The van der Waals surface area contributed by atoms with Crippen molar-refractivity contribution in [1.29, 1.82) is 0 Å². The third-order valence-electron chi connectivity index (χ3n) is 5.57. The van der Waals surface area contributed by atoms with E-state index in [1.54, 1.807) is 0 Å². The molecular weight excluding hydrogens is 440 g/mol. The Hall–Kier alpha value is -3.00. The summed E-state index contributed by atoms with van der Waals surface area (Å²) < 4.78 is 5.48. The van der Waals surface area contributed by atoms with Gasteiger partial charge in [-0.25, -0.2) is 9.59 Å². The minimum atomic E-state index is -1.02. The SMILES string of the molecule is CCCC[C@H](NC(=O)CSCCNC(=O)OCC1c2ccccc2-c2ccccc21)C(=O)O. The van der Waals surface area contributed by atoms with Crippen molar-refractivity contribution in [2.45, 2.75) is 38.1 Å². The summed E-state index contributed by atoms with van der Waals surface area (Å²) in [7, 11) is 0. The van der Waals surface area contributed by atoms with Crippen molar-refractivity contribution in [3.8, 4) is 11.1 Å². The zero-order valence-electron chi connectivity index (χ0n) is 18.7. The van der Waals surface area contributed by atoms with E-state index in [1.165, 1.54) is 22.9 Å². The lowest BCUT2D eigenvalue weighted by Crippen LogP contribution is -2.41. The van der Waals surface area contributed by atoms with Gasteiger partial charge in [-0.1, -0.05) is 68.3 Å². The van der Waals surface area contributed by atoms with Crippen LogP contribution in [0.15, 0.2) is 48.5 Å². The van der Waals surface area contributed by atoms with Crippen molar-refractivity contribution >= 4 is 29.7 Å². The number of amides is 2. The van der Waals surface area contributed by atoms with E-state index in [9.17, 15) is 19.5 Å². The second kappa shape index (κ2) is 12.3. The average Bonchev–Trinajstić information content (AvgIpc) is 3.13. The maximum atomic E-state index is 12.2. The van der Waals surface area contributed by atoms with Gasteiger partial charge in [-0.3, -0.25) is 4.79 Å². The first kappa shape index (κ1) is 24.6. The Morgan fingerprint density at radius 2 is 1.70 bits per heavy atom. The third-order valence-corrected chi connectivity index (χ3v) is 6.53. The van der Waals surface area contributed by atoms with Gasteiger partial charge in [0.2, 0.25) is 5.91 Å². The van der Waals surface area contributed by atoms with Gasteiger partial charge in [0.25, 0.3) is 0 Å². The van der Waals surface area contributed by atoms with Crippen molar-refractivity contribution in [3.05, 3.63) is 59.7 Å². The molecule has 0 bridgehead atoms. The molecule has 0 fully saturated rings.